The number of esters is 3. The number of ether oxygens (including phenoxy) is 6. The molecule has 0 radical (unpaired) electrons. The lowest BCUT2D eigenvalue weighted by Crippen LogP contribution is -2.59. The normalized spacial score (nSPS) is 26.2. The molecule has 1 aliphatic rings. The largest absolute Gasteiger partial charge is 0.463 e. The van der Waals surface area contributed by atoms with E-state index in [2.05, 4.69) is 0 Å². The first kappa shape index (κ1) is 19.3. The molecule has 1 heterocycles. The Morgan fingerprint density at radius 1 is 1.00 bits per heavy atom. The van der Waals surface area contributed by atoms with Crippen molar-refractivity contribution in [3.8, 4) is 0 Å². The van der Waals surface area contributed by atoms with Crippen molar-refractivity contribution in [3.05, 3.63) is 0 Å². The smallest absolute Gasteiger partial charge is 0.303 e. The number of carbonyl (C=O) groups excluding carboxylic acids is 3. The first-order valence-corrected chi connectivity index (χ1v) is 6.99. The predicted octanol–water partition coefficient (Wildman–Crippen LogP) is 0.148. The third kappa shape index (κ3) is 5.45. The first-order valence-electron chi connectivity index (χ1n) is 6.99. The van der Waals surface area contributed by atoms with Crippen molar-refractivity contribution in [1.29, 1.82) is 0 Å². The van der Waals surface area contributed by atoms with E-state index in [0.717, 1.165) is 0 Å². The maximum atomic E-state index is 11.3. The number of hydrogen-bond donors (Lipinski definition) is 0. The van der Waals surface area contributed by atoms with E-state index in [0.29, 0.717) is 0 Å². The van der Waals surface area contributed by atoms with E-state index >= 15 is 0 Å². The molecule has 1 aliphatic heterocycles. The monoisotopic (exact) mass is 334 g/mol. The van der Waals surface area contributed by atoms with Crippen molar-refractivity contribution >= 4 is 17.9 Å². The van der Waals surface area contributed by atoms with Crippen LogP contribution in [0.1, 0.15) is 27.2 Å². The second-order valence-electron chi connectivity index (χ2n) is 4.98. The fourth-order valence-electron chi connectivity index (χ4n) is 2.29. The lowest BCUT2D eigenvalue weighted by atomic mass is 9.99. The molecule has 0 spiro atoms. The van der Waals surface area contributed by atoms with Gasteiger partial charge in [-0.3, -0.25) is 14.4 Å². The van der Waals surface area contributed by atoms with Gasteiger partial charge >= 0.3 is 17.9 Å². The van der Waals surface area contributed by atoms with E-state index < -0.39 is 42.2 Å². The van der Waals surface area contributed by atoms with Gasteiger partial charge in [-0.1, -0.05) is 0 Å². The van der Waals surface area contributed by atoms with E-state index in [1.165, 1.54) is 35.0 Å². The average molecular weight is 334 g/mol. The highest BCUT2D eigenvalue weighted by atomic mass is 16.9. The van der Waals surface area contributed by atoms with Crippen LogP contribution in [0.15, 0.2) is 0 Å². The number of rotatable bonds is 6. The molecule has 0 unspecified atom stereocenters. The molecule has 1 rings (SSSR count). The zero-order valence-corrected chi connectivity index (χ0v) is 13.8. The summed E-state index contributed by atoms with van der Waals surface area (Å²) in [7, 11) is 2.70. The van der Waals surface area contributed by atoms with Crippen molar-refractivity contribution in [2.24, 2.45) is 0 Å². The van der Waals surface area contributed by atoms with Crippen LogP contribution in [0.25, 0.3) is 0 Å². The molecule has 3 atom stereocenters. The molecule has 1 saturated heterocycles. The van der Waals surface area contributed by atoms with Gasteiger partial charge in [0, 0.05) is 35.0 Å². The van der Waals surface area contributed by atoms with Gasteiger partial charge in [-0.15, -0.1) is 0 Å². The maximum Gasteiger partial charge on any atom is 0.303 e. The summed E-state index contributed by atoms with van der Waals surface area (Å²) in [6.45, 7) is 3.44. The highest BCUT2D eigenvalue weighted by Crippen LogP contribution is 2.34. The van der Waals surface area contributed by atoms with E-state index in [9.17, 15) is 14.4 Å². The minimum atomic E-state index is -1.51. The van der Waals surface area contributed by atoms with Gasteiger partial charge in [-0.2, -0.15) is 0 Å². The summed E-state index contributed by atoms with van der Waals surface area (Å²) in [6.07, 6.45) is -2.80. The van der Waals surface area contributed by atoms with Crippen LogP contribution in [0.2, 0.25) is 0 Å². The lowest BCUT2D eigenvalue weighted by molar-refractivity contribution is -0.415. The summed E-state index contributed by atoms with van der Waals surface area (Å²) in [5, 5.41) is 0. The minimum Gasteiger partial charge on any atom is -0.463 e. The van der Waals surface area contributed by atoms with Crippen LogP contribution in [0.5, 0.6) is 0 Å². The SMILES string of the molecule is COC1(OC)C[C@@H](OC(C)=O)[C@@H](OC(C)=O)[C@@H](COC(C)=O)O1. The Bertz CT molecular complexity index is 444. The molecule has 9 nitrogen and oxygen atoms in total. The molecule has 0 amide bonds. The summed E-state index contributed by atoms with van der Waals surface area (Å²) < 4.78 is 31.4. The highest BCUT2D eigenvalue weighted by Gasteiger charge is 2.52. The molecule has 0 saturated carbocycles. The van der Waals surface area contributed by atoms with Gasteiger partial charge in [-0.05, 0) is 0 Å². The topological polar surface area (TPSA) is 107 Å². The van der Waals surface area contributed by atoms with Crippen molar-refractivity contribution in [2.75, 3.05) is 20.8 Å². The molecule has 23 heavy (non-hydrogen) atoms. The Hall–Kier alpha value is -1.71. The third-order valence-electron chi connectivity index (χ3n) is 3.21. The molecule has 1 fully saturated rings. The summed E-state index contributed by atoms with van der Waals surface area (Å²) >= 11 is 0. The Morgan fingerprint density at radius 2 is 1.57 bits per heavy atom. The van der Waals surface area contributed by atoms with Crippen LogP contribution in [-0.2, 0) is 42.8 Å². The van der Waals surface area contributed by atoms with Gasteiger partial charge < -0.3 is 28.4 Å². The van der Waals surface area contributed by atoms with Crippen molar-refractivity contribution < 1.29 is 42.8 Å². The summed E-state index contributed by atoms with van der Waals surface area (Å²) in [4.78, 5) is 33.7. The molecule has 0 aliphatic carbocycles. The maximum absolute atomic E-state index is 11.3. The predicted molar refractivity (Wildman–Crippen MR) is 74.0 cm³/mol. The molecule has 0 bridgehead atoms. The van der Waals surface area contributed by atoms with Gasteiger partial charge in [0.2, 0.25) is 0 Å². The fraction of sp³-hybridized carbons (Fsp3) is 0.786. The Kier molecular flexibility index (Phi) is 6.92. The molecule has 0 N–H and O–H groups in total. The molecule has 0 aromatic heterocycles. The van der Waals surface area contributed by atoms with Gasteiger partial charge in [0.05, 0.1) is 6.42 Å². The Labute approximate surface area is 134 Å². The lowest BCUT2D eigenvalue weighted by Gasteiger charge is -2.44. The number of methoxy groups -OCH3 is 2. The van der Waals surface area contributed by atoms with Crippen LogP contribution < -0.4 is 0 Å². The van der Waals surface area contributed by atoms with Crippen molar-refractivity contribution in [1.82, 2.24) is 0 Å². The second kappa shape index (κ2) is 8.23. The van der Waals surface area contributed by atoms with Crippen LogP contribution in [-0.4, -0.2) is 63.0 Å². The third-order valence-corrected chi connectivity index (χ3v) is 3.21. The van der Waals surface area contributed by atoms with Crippen LogP contribution in [0, 0.1) is 0 Å². The van der Waals surface area contributed by atoms with Gasteiger partial charge in [-0.25, -0.2) is 0 Å². The quantitative estimate of drug-likeness (QED) is 0.381. The van der Waals surface area contributed by atoms with Gasteiger partial charge in [0.1, 0.15) is 18.8 Å². The molecule has 132 valence electrons. The van der Waals surface area contributed by atoms with Crippen molar-refractivity contribution in [3.63, 3.8) is 0 Å². The second-order valence-corrected chi connectivity index (χ2v) is 4.98. The van der Waals surface area contributed by atoms with Crippen LogP contribution in [0.4, 0.5) is 0 Å². The Morgan fingerprint density at radius 3 is 2.00 bits per heavy atom. The van der Waals surface area contributed by atoms with E-state index in [-0.39, 0.29) is 13.0 Å². The summed E-state index contributed by atoms with van der Waals surface area (Å²) in [5.41, 5.74) is 0. The fourth-order valence-corrected chi connectivity index (χ4v) is 2.29. The van der Waals surface area contributed by atoms with E-state index in [1.807, 2.05) is 0 Å². The molecular formula is C14H22O9. The Balaban J connectivity index is 3.07. The zero-order chi connectivity index (χ0) is 17.6. The summed E-state index contributed by atoms with van der Waals surface area (Å²) in [5.74, 6) is -3.21. The number of hydrogen-bond acceptors (Lipinski definition) is 9. The van der Waals surface area contributed by atoms with Crippen molar-refractivity contribution in [2.45, 2.75) is 51.5 Å². The van der Waals surface area contributed by atoms with E-state index in [4.69, 9.17) is 28.4 Å². The van der Waals surface area contributed by atoms with Crippen LogP contribution >= 0.6 is 0 Å². The number of carbonyl (C=O) groups is 3. The standard InChI is InChI=1S/C14H22O9/c1-8(15)20-7-12-13(22-10(3)17)11(21-9(2)16)6-14(18-4,19-5)23-12/h11-13H,6-7H2,1-5H3/t11-,12-,13-/m1/s1. The van der Waals surface area contributed by atoms with Crippen LogP contribution in [0.3, 0.4) is 0 Å². The van der Waals surface area contributed by atoms with E-state index in [1.54, 1.807) is 0 Å². The van der Waals surface area contributed by atoms with Gasteiger partial charge in [0.25, 0.3) is 5.97 Å². The van der Waals surface area contributed by atoms with Gasteiger partial charge in [0.15, 0.2) is 6.10 Å². The molecule has 0 aromatic carbocycles. The first-order chi connectivity index (χ1) is 10.7. The highest BCUT2D eigenvalue weighted by molar-refractivity contribution is 5.67. The molecule has 0 aromatic rings. The molecule has 9 heteroatoms. The summed E-state index contributed by atoms with van der Waals surface area (Å²) in [6, 6.07) is 0. The molecular weight excluding hydrogens is 312 g/mol. The minimum absolute atomic E-state index is 0.0197. The zero-order valence-electron chi connectivity index (χ0n) is 13.8. The average Bonchev–Trinajstić information content (AvgIpc) is 2.46.